The summed E-state index contributed by atoms with van der Waals surface area (Å²) in [5.74, 6) is 0.424. The molecule has 0 bridgehead atoms. The number of carbonyl (C=O) groups excluding carboxylic acids is 1. The van der Waals surface area contributed by atoms with Crippen LogP contribution in [0.4, 0.5) is 0 Å². The number of methoxy groups -OCH3 is 1. The maximum atomic E-state index is 12.9. The maximum Gasteiger partial charge on any atom is 0.219 e. The van der Waals surface area contributed by atoms with Crippen LogP contribution < -0.4 is 10.1 Å². The van der Waals surface area contributed by atoms with Gasteiger partial charge in [-0.3, -0.25) is 4.79 Å². The first-order valence-corrected chi connectivity index (χ1v) is 9.59. The van der Waals surface area contributed by atoms with Crippen molar-refractivity contribution in [1.29, 1.82) is 0 Å². The van der Waals surface area contributed by atoms with Gasteiger partial charge in [0.25, 0.3) is 0 Å². The minimum absolute atomic E-state index is 0.0571. The molecule has 1 aromatic heterocycles. The monoisotopic (exact) mass is 353 g/mol. The van der Waals surface area contributed by atoms with E-state index in [1.165, 1.54) is 30.6 Å². The molecule has 5 nitrogen and oxygen atoms in total. The lowest BCUT2D eigenvalue weighted by Gasteiger charge is -2.17. The van der Waals surface area contributed by atoms with Crippen LogP contribution in [0.2, 0.25) is 0 Å². The Morgan fingerprint density at radius 2 is 1.96 bits per heavy atom. The molecule has 0 saturated heterocycles. The van der Waals surface area contributed by atoms with E-state index in [0.29, 0.717) is 17.0 Å². The predicted octanol–water partition coefficient (Wildman–Crippen LogP) is 2.80. The summed E-state index contributed by atoms with van der Waals surface area (Å²) >= 11 is 1.36. The van der Waals surface area contributed by atoms with Crippen LogP contribution in [-0.2, 0) is 14.6 Å². The van der Waals surface area contributed by atoms with Crippen LogP contribution >= 0.6 is 11.3 Å². The van der Waals surface area contributed by atoms with Crippen LogP contribution in [0.5, 0.6) is 5.75 Å². The van der Waals surface area contributed by atoms with Gasteiger partial charge >= 0.3 is 0 Å². The fourth-order valence-corrected chi connectivity index (χ4v) is 4.88. The smallest absolute Gasteiger partial charge is 0.219 e. The third kappa shape index (κ3) is 4.11. The van der Waals surface area contributed by atoms with Crippen LogP contribution in [0.1, 0.15) is 23.5 Å². The van der Waals surface area contributed by atoms with Gasteiger partial charge in [0.05, 0.1) is 12.0 Å². The highest BCUT2D eigenvalue weighted by atomic mass is 32.2. The van der Waals surface area contributed by atoms with Crippen LogP contribution in [-0.4, -0.2) is 28.0 Å². The third-order valence-electron chi connectivity index (χ3n) is 3.43. The van der Waals surface area contributed by atoms with Crippen molar-refractivity contribution in [2.45, 2.75) is 23.5 Å². The Kier molecular flexibility index (Phi) is 5.79. The molecule has 0 unspecified atom stereocenters. The summed E-state index contributed by atoms with van der Waals surface area (Å²) in [6.07, 6.45) is 0.319. The largest absolute Gasteiger partial charge is 0.497 e. The van der Waals surface area contributed by atoms with Crippen molar-refractivity contribution in [3.05, 3.63) is 46.7 Å². The zero-order valence-electron chi connectivity index (χ0n) is 13.0. The molecule has 1 amide bonds. The summed E-state index contributed by atoms with van der Waals surface area (Å²) < 4.78 is 30.9. The molecule has 1 heterocycles. The number of thiophene rings is 1. The van der Waals surface area contributed by atoms with Gasteiger partial charge in [0.1, 0.15) is 11.0 Å². The minimum atomic E-state index is -3.61. The Morgan fingerprint density at radius 1 is 1.26 bits per heavy atom. The molecule has 0 aliphatic rings. The van der Waals surface area contributed by atoms with E-state index in [2.05, 4.69) is 5.32 Å². The standard InChI is InChI=1S/C16H19NO4S2/c1-3-16(18)17-11-15(14-5-4-10-22-14)23(19,20)13-8-6-12(21-2)7-9-13/h4-10,15H,3,11H2,1-2H3,(H,17,18)/t15-/m1/s1. The molecule has 0 fully saturated rings. The van der Waals surface area contributed by atoms with Crippen molar-refractivity contribution in [2.24, 2.45) is 0 Å². The van der Waals surface area contributed by atoms with E-state index in [1.807, 2.05) is 5.38 Å². The van der Waals surface area contributed by atoms with Gasteiger partial charge in [0, 0.05) is 17.8 Å². The number of amides is 1. The predicted molar refractivity (Wildman–Crippen MR) is 90.5 cm³/mol. The second kappa shape index (κ2) is 7.61. The van der Waals surface area contributed by atoms with Crippen molar-refractivity contribution in [3.63, 3.8) is 0 Å². The molecule has 7 heteroatoms. The van der Waals surface area contributed by atoms with Crippen molar-refractivity contribution >= 4 is 27.1 Å². The molecule has 0 spiro atoms. The van der Waals surface area contributed by atoms with Crippen molar-refractivity contribution in [2.75, 3.05) is 13.7 Å². The lowest BCUT2D eigenvalue weighted by Crippen LogP contribution is -2.31. The Morgan fingerprint density at radius 3 is 2.48 bits per heavy atom. The average Bonchev–Trinajstić information content (AvgIpc) is 3.08. The second-order valence-corrected chi connectivity index (χ2v) is 7.99. The third-order valence-corrected chi connectivity index (χ3v) is 6.66. The average molecular weight is 353 g/mol. The minimum Gasteiger partial charge on any atom is -0.497 e. The first-order chi connectivity index (χ1) is 11.0. The first kappa shape index (κ1) is 17.5. The van der Waals surface area contributed by atoms with E-state index in [4.69, 9.17) is 4.74 Å². The Hall–Kier alpha value is -1.86. The molecule has 0 radical (unpaired) electrons. The van der Waals surface area contributed by atoms with Crippen LogP contribution in [0, 0.1) is 0 Å². The zero-order valence-corrected chi connectivity index (χ0v) is 14.6. The molecular weight excluding hydrogens is 334 g/mol. The lowest BCUT2D eigenvalue weighted by molar-refractivity contribution is -0.120. The quantitative estimate of drug-likeness (QED) is 0.831. The lowest BCUT2D eigenvalue weighted by atomic mass is 10.3. The van der Waals surface area contributed by atoms with Gasteiger partial charge in [0.2, 0.25) is 5.91 Å². The molecular formula is C16H19NO4S2. The van der Waals surface area contributed by atoms with Gasteiger partial charge in [-0.15, -0.1) is 11.3 Å². The van der Waals surface area contributed by atoms with Crippen LogP contribution in [0.25, 0.3) is 0 Å². The Bertz CT molecular complexity index is 737. The molecule has 1 N–H and O–H groups in total. The number of rotatable bonds is 7. The summed E-state index contributed by atoms with van der Waals surface area (Å²) in [6.45, 7) is 1.79. The van der Waals surface area contributed by atoms with E-state index in [0.717, 1.165) is 0 Å². The molecule has 124 valence electrons. The van der Waals surface area contributed by atoms with Crippen molar-refractivity contribution in [1.82, 2.24) is 5.32 Å². The topological polar surface area (TPSA) is 72.5 Å². The number of nitrogens with one attached hydrogen (secondary N) is 1. The molecule has 0 aliphatic heterocycles. The van der Waals surface area contributed by atoms with E-state index in [-0.39, 0.29) is 17.3 Å². The van der Waals surface area contributed by atoms with E-state index in [1.54, 1.807) is 31.2 Å². The molecule has 2 aromatic rings. The van der Waals surface area contributed by atoms with Gasteiger partial charge < -0.3 is 10.1 Å². The first-order valence-electron chi connectivity index (χ1n) is 7.17. The summed E-state index contributed by atoms with van der Waals surface area (Å²) in [7, 11) is -2.09. The number of hydrogen-bond acceptors (Lipinski definition) is 5. The fourth-order valence-electron chi connectivity index (χ4n) is 2.10. The highest BCUT2D eigenvalue weighted by Crippen LogP contribution is 2.32. The summed E-state index contributed by atoms with van der Waals surface area (Å²) in [4.78, 5) is 12.4. The van der Waals surface area contributed by atoms with Crippen LogP contribution in [0.15, 0.2) is 46.7 Å². The normalized spacial score (nSPS) is 12.6. The van der Waals surface area contributed by atoms with E-state index < -0.39 is 15.1 Å². The fraction of sp³-hybridized carbons (Fsp3) is 0.312. The highest BCUT2D eigenvalue weighted by Gasteiger charge is 2.30. The van der Waals surface area contributed by atoms with Gasteiger partial charge in [-0.1, -0.05) is 13.0 Å². The summed E-state index contributed by atoms with van der Waals surface area (Å²) in [5.41, 5.74) is 0. The molecule has 2 rings (SSSR count). The van der Waals surface area contributed by atoms with Gasteiger partial charge in [-0.05, 0) is 35.7 Å². The molecule has 0 aliphatic carbocycles. The molecule has 1 aromatic carbocycles. The van der Waals surface area contributed by atoms with E-state index >= 15 is 0 Å². The van der Waals surface area contributed by atoms with E-state index in [9.17, 15) is 13.2 Å². The highest BCUT2D eigenvalue weighted by molar-refractivity contribution is 7.91. The molecule has 0 saturated carbocycles. The number of hydrogen-bond donors (Lipinski definition) is 1. The van der Waals surface area contributed by atoms with Gasteiger partial charge in [-0.2, -0.15) is 0 Å². The van der Waals surface area contributed by atoms with Crippen molar-refractivity contribution < 1.29 is 17.9 Å². The van der Waals surface area contributed by atoms with Gasteiger partial charge in [0.15, 0.2) is 9.84 Å². The summed E-state index contributed by atoms with van der Waals surface area (Å²) in [5, 5.41) is 3.71. The maximum absolute atomic E-state index is 12.9. The number of sulfone groups is 1. The Labute approximate surface area is 140 Å². The van der Waals surface area contributed by atoms with Crippen molar-refractivity contribution in [3.8, 4) is 5.75 Å². The SMILES string of the molecule is CCC(=O)NC[C@H](c1cccs1)S(=O)(=O)c1ccc(OC)cc1. The zero-order chi connectivity index (χ0) is 16.9. The second-order valence-electron chi connectivity index (χ2n) is 4.88. The van der Waals surface area contributed by atoms with Crippen LogP contribution in [0.3, 0.4) is 0 Å². The number of ether oxygens (including phenoxy) is 1. The molecule has 23 heavy (non-hydrogen) atoms. The number of carbonyl (C=O) groups is 1. The Balaban J connectivity index is 2.33. The number of benzene rings is 1. The molecule has 1 atom stereocenters. The van der Waals surface area contributed by atoms with Gasteiger partial charge in [-0.25, -0.2) is 8.42 Å². The summed E-state index contributed by atoms with van der Waals surface area (Å²) in [6, 6.07) is 9.85.